The van der Waals surface area contributed by atoms with Crippen molar-refractivity contribution < 1.29 is 4.92 Å². The van der Waals surface area contributed by atoms with Crippen molar-refractivity contribution in [3.8, 4) is 0 Å². The topological polar surface area (TPSA) is 55.2 Å². The third kappa shape index (κ3) is 4.68. The summed E-state index contributed by atoms with van der Waals surface area (Å²) in [4.78, 5) is 10.7. The second kappa shape index (κ2) is 7.76. The summed E-state index contributed by atoms with van der Waals surface area (Å²) in [6.07, 6.45) is 7.81. The van der Waals surface area contributed by atoms with E-state index >= 15 is 0 Å². The number of benzene rings is 1. The lowest BCUT2D eigenvalue weighted by Crippen LogP contribution is -2.33. The highest BCUT2D eigenvalue weighted by Crippen LogP contribution is 2.27. The summed E-state index contributed by atoms with van der Waals surface area (Å²) in [6, 6.07) is 5.27. The average molecular weight is 311 g/mol. The van der Waals surface area contributed by atoms with Gasteiger partial charge in [-0.25, -0.2) is 0 Å². The zero-order valence-corrected chi connectivity index (χ0v) is 13.2. The molecule has 0 heterocycles. The molecule has 116 valence electrons. The summed E-state index contributed by atoms with van der Waals surface area (Å²) in [6.45, 7) is 2.71. The molecule has 0 spiro atoms. The molecule has 1 fully saturated rings. The largest absolute Gasteiger partial charge is 0.310 e. The van der Waals surface area contributed by atoms with Crippen molar-refractivity contribution in [2.45, 2.75) is 58.0 Å². The van der Waals surface area contributed by atoms with E-state index in [1.54, 1.807) is 12.1 Å². The van der Waals surface area contributed by atoms with Crippen molar-refractivity contribution in [1.82, 2.24) is 5.32 Å². The molecule has 0 amide bonds. The summed E-state index contributed by atoms with van der Waals surface area (Å²) < 4.78 is 0. The SMILES string of the molecule is C[C@H](NCc1ccc(Cl)cc1[N+](=O)[O-])C1CCCCCC1. The molecule has 5 heteroatoms. The molecule has 0 saturated heterocycles. The van der Waals surface area contributed by atoms with Crippen LogP contribution in [0.3, 0.4) is 0 Å². The zero-order chi connectivity index (χ0) is 15.2. The van der Waals surface area contributed by atoms with E-state index in [1.807, 2.05) is 0 Å². The Labute approximate surface area is 131 Å². The Kier molecular flexibility index (Phi) is 6.00. The van der Waals surface area contributed by atoms with Crippen molar-refractivity contribution in [3.05, 3.63) is 38.9 Å². The molecule has 1 aromatic rings. The predicted octanol–water partition coefficient (Wildman–Crippen LogP) is 4.70. The number of nitro groups is 1. The molecule has 1 aliphatic carbocycles. The van der Waals surface area contributed by atoms with Crippen LogP contribution in [0.25, 0.3) is 0 Å². The molecular weight excluding hydrogens is 288 g/mol. The van der Waals surface area contributed by atoms with E-state index in [9.17, 15) is 10.1 Å². The smallest absolute Gasteiger partial charge is 0.275 e. The summed E-state index contributed by atoms with van der Waals surface area (Å²) in [5.41, 5.74) is 0.799. The number of rotatable bonds is 5. The molecule has 1 aliphatic rings. The molecule has 21 heavy (non-hydrogen) atoms. The summed E-state index contributed by atoms with van der Waals surface area (Å²) in [5.74, 6) is 0.679. The lowest BCUT2D eigenvalue weighted by molar-refractivity contribution is -0.385. The third-order valence-corrected chi connectivity index (χ3v) is 4.70. The van der Waals surface area contributed by atoms with E-state index in [0.717, 1.165) is 0 Å². The number of nitro benzene ring substituents is 1. The van der Waals surface area contributed by atoms with E-state index in [0.29, 0.717) is 29.1 Å². The van der Waals surface area contributed by atoms with E-state index in [4.69, 9.17) is 11.6 Å². The minimum atomic E-state index is -0.362. The highest BCUT2D eigenvalue weighted by molar-refractivity contribution is 6.30. The van der Waals surface area contributed by atoms with Gasteiger partial charge in [-0.2, -0.15) is 0 Å². The zero-order valence-electron chi connectivity index (χ0n) is 12.5. The summed E-state index contributed by atoms with van der Waals surface area (Å²) in [5, 5.41) is 15.0. The van der Waals surface area contributed by atoms with Crippen molar-refractivity contribution in [2.75, 3.05) is 0 Å². The van der Waals surface area contributed by atoms with Crippen molar-refractivity contribution in [3.63, 3.8) is 0 Å². The minimum absolute atomic E-state index is 0.100. The Morgan fingerprint density at radius 3 is 2.62 bits per heavy atom. The van der Waals surface area contributed by atoms with Crippen LogP contribution in [0.2, 0.25) is 5.02 Å². The van der Waals surface area contributed by atoms with E-state index in [2.05, 4.69) is 12.2 Å². The Balaban J connectivity index is 1.97. The van der Waals surface area contributed by atoms with Gasteiger partial charge < -0.3 is 5.32 Å². The summed E-state index contributed by atoms with van der Waals surface area (Å²) in [7, 11) is 0. The molecule has 0 bridgehead atoms. The van der Waals surface area contributed by atoms with E-state index in [-0.39, 0.29) is 10.6 Å². The molecule has 1 atom stereocenters. The molecule has 0 aromatic heterocycles. The van der Waals surface area contributed by atoms with Gasteiger partial charge >= 0.3 is 0 Å². The standard InChI is InChI=1S/C16H23ClN2O2/c1-12(13-6-4-2-3-5-7-13)18-11-14-8-9-15(17)10-16(14)19(20)21/h8-10,12-13,18H,2-7,11H2,1H3/t12-/m0/s1. The van der Waals surface area contributed by atoms with E-state index < -0.39 is 0 Å². The van der Waals surface area contributed by atoms with Gasteiger partial charge in [-0.1, -0.05) is 37.3 Å². The van der Waals surface area contributed by atoms with Crippen LogP contribution in [-0.4, -0.2) is 11.0 Å². The van der Waals surface area contributed by atoms with Crippen LogP contribution in [0.5, 0.6) is 0 Å². The van der Waals surface area contributed by atoms with Crippen LogP contribution in [0.1, 0.15) is 51.0 Å². The van der Waals surface area contributed by atoms with Crippen LogP contribution in [-0.2, 0) is 6.54 Å². The maximum Gasteiger partial charge on any atom is 0.275 e. The number of halogens is 1. The molecule has 1 aromatic carbocycles. The van der Waals surface area contributed by atoms with Gasteiger partial charge in [0, 0.05) is 29.2 Å². The van der Waals surface area contributed by atoms with Gasteiger partial charge in [0.2, 0.25) is 0 Å². The highest BCUT2D eigenvalue weighted by Gasteiger charge is 2.20. The number of hydrogen-bond donors (Lipinski definition) is 1. The summed E-state index contributed by atoms with van der Waals surface area (Å²) >= 11 is 5.84. The maximum atomic E-state index is 11.1. The monoisotopic (exact) mass is 310 g/mol. The first kappa shape index (κ1) is 16.2. The molecule has 4 nitrogen and oxygen atoms in total. The van der Waals surface area contributed by atoms with Gasteiger partial charge in [-0.05, 0) is 37.8 Å². The first-order valence-electron chi connectivity index (χ1n) is 7.74. The van der Waals surface area contributed by atoms with Crippen LogP contribution >= 0.6 is 11.6 Å². The minimum Gasteiger partial charge on any atom is -0.310 e. The second-order valence-electron chi connectivity index (χ2n) is 5.95. The van der Waals surface area contributed by atoms with Gasteiger partial charge in [-0.15, -0.1) is 0 Å². The van der Waals surface area contributed by atoms with Crippen molar-refractivity contribution in [1.29, 1.82) is 0 Å². The second-order valence-corrected chi connectivity index (χ2v) is 6.39. The van der Waals surface area contributed by atoms with Gasteiger partial charge in [0.15, 0.2) is 0 Å². The fraction of sp³-hybridized carbons (Fsp3) is 0.625. The molecule has 0 aliphatic heterocycles. The molecule has 1 saturated carbocycles. The highest BCUT2D eigenvalue weighted by atomic mass is 35.5. The van der Waals surface area contributed by atoms with E-state index in [1.165, 1.54) is 44.6 Å². The van der Waals surface area contributed by atoms with Crippen molar-refractivity contribution >= 4 is 17.3 Å². The molecule has 0 radical (unpaired) electrons. The Bertz CT molecular complexity index is 485. The first-order chi connectivity index (χ1) is 10.1. The maximum absolute atomic E-state index is 11.1. The predicted molar refractivity (Wildman–Crippen MR) is 85.6 cm³/mol. The van der Waals surface area contributed by atoms with Gasteiger partial charge in [0.05, 0.1) is 4.92 Å². The number of nitrogens with zero attached hydrogens (tertiary/aromatic N) is 1. The normalized spacial score (nSPS) is 18.2. The fourth-order valence-corrected chi connectivity index (χ4v) is 3.27. The Morgan fingerprint density at radius 1 is 1.33 bits per heavy atom. The third-order valence-electron chi connectivity index (χ3n) is 4.47. The number of hydrogen-bond acceptors (Lipinski definition) is 3. The lowest BCUT2D eigenvalue weighted by Gasteiger charge is -2.23. The molecular formula is C16H23ClN2O2. The quantitative estimate of drug-likeness (QED) is 0.487. The molecule has 2 rings (SSSR count). The molecule has 0 unspecified atom stereocenters. The number of nitrogens with one attached hydrogen (secondary N) is 1. The molecule has 1 N–H and O–H groups in total. The Hall–Kier alpha value is -1.13. The van der Waals surface area contributed by atoms with Crippen LogP contribution < -0.4 is 5.32 Å². The van der Waals surface area contributed by atoms with Gasteiger partial charge in [0.1, 0.15) is 0 Å². The fourth-order valence-electron chi connectivity index (χ4n) is 3.10. The lowest BCUT2D eigenvalue weighted by atomic mass is 9.93. The first-order valence-corrected chi connectivity index (χ1v) is 8.12. The van der Waals surface area contributed by atoms with Crippen LogP contribution in [0.15, 0.2) is 18.2 Å². The van der Waals surface area contributed by atoms with Crippen LogP contribution in [0.4, 0.5) is 5.69 Å². The van der Waals surface area contributed by atoms with Crippen molar-refractivity contribution in [2.24, 2.45) is 5.92 Å². The van der Waals surface area contributed by atoms with Crippen LogP contribution in [0, 0.1) is 16.0 Å². The van der Waals surface area contributed by atoms with Gasteiger partial charge in [0.25, 0.3) is 5.69 Å². The Morgan fingerprint density at radius 2 is 2.00 bits per heavy atom. The average Bonchev–Trinajstić information content (AvgIpc) is 2.74. The van der Waals surface area contributed by atoms with Gasteiger partial charge in [-0.3, -0.25) is 10.1 Å².